The Hall–Kier alpha value is -2.88. The summed E-state index contributed by atoms with van der Waals surface area (Å²) in [7, 11) is 0. The van der Waals surface area contributed by atoms with Gasteiger partial charge in [-0.3, -0.25) is 4.79 Å². The van der Waals surface area contributed by atoms with Crippen LogP contribution < -0.4 is 10.1 Å². The van der Waals surface area contributed by atoms with Crippen molar-refractivity contribution in [3.05, 3.63) is 111 Å². The summed E-state index contributed by atoms with van der Waals surface area (Å²) in [5.41, 5.74) is 1.92. The number of carbonyl (C=O) groups excluding carboxylic acids is 1. The second-order valence-corrected chi connectivity index (χ2v) is 10.2. The van der Waals surface area contributed by atoms with Crippen molar-refractivity contribution in [2.24, 2.45) is 0 Å². The van der Waals surface area contributed by atoms with Gasteiger partial charge in [0.2, 0.25) is 5.79 Å². The van der Waals surface area contributed by atoms with E-state index in [2.05, 4.69) is 26.2 Å². The fraction of sp³-hybridized carbons (Fsp3) is 0.185. The third kappa shape index (κ3) is 6.17. The molecule has 1 N–H and O–H groups in total. The zero-order valence-corrected chi connectivity index (χ0v) is 22.5. The number of hydrogen-bond donors (Lipinski definition) is 1. The van der Waals surface area contributed by atoms with Crippen LogP contribution in [-0.4, -0.2) is 34.8 Å². The lowest BCUT2D eigenvalue weighted by molar-refractivity contribution is -0.189. The zero-order chi connectivity index (χ0) is 25.8. The van der Waals surface area contributed by atoms with Gasteiger partial charge in [-0.25, -0.2) is 4.98 Å². The van der Waals surface area contributed by atoms with Crippen LogP contribution in [0.2, 0.25) is 10.0 Å². The number of aromatic nitrogens is 2. The van der Waals surface area contributed by atoms with Crippen molar-refractivity contribution in [3.8, 4) is 5.75 Å². The molecule has 0 bridgehead atoms. The quantitative estimate of drug-likeness (QED) is 0.247. The van der Waals surface area contributed by atoms with E-state index >= 15 is 0 Å². The Labute approximate surface area is 232 Å². The standard InChI is InChI=1S/C27H22BrCl2N3O4/c28-19-3-1-18(2-4-19)26(34)32-21-6-8-22(9-7-21)35-14-23-15-36-27(37-23,16-33-12-11-31-17-33)24-10-5-20(29)13-25(24)30/h1-13,17,23H,14-16H2,(H,32,34)/t23-,27-/m1/s1. The van der Waals surface area contributed by atoms with E-state index < -0.39 is 5.79 Å². The highest BCUT2D eigenvalue weighted by Gasteiger charge is 2.45. The molecule has 2 heterocycles. The minimum Gasteiger partial charge on any atom is -0.491 e. The number of amides is 1. The van der Waals surface area contributed by atoms with Crippen LogP contribution in [0.3, 0.4) is 0 Å². The summed E-state index contributed by atoms with van der Waals surface area (Å²) in [6, 6.07) is 19.6. The highest BCUT2D eigenvalue weighted by atomic mass is 79.9. The van der Waals surface area contributed by atoms with Crippen molar-refractivity contribution in [2.45, 2.75) is 18.4 Å². The SMILES string of the molecule is O=C(Nc1ccc(OC[C@@H]2CO[C@@](Cn3ccnc3)(c3ccc(Cl)cc3Cl)O2)cc1)c1ccc(Br)cc1. The molecular formula is C27H22BrCl2N3O4. The monoisotopic (exact) mass is 601 g/mol. The number of ether oxygens (including phenoxy) is 3. The Morgan fingerprint density at radius 1 is 1.14 bits per heavy atom. The molecule has 10 heteroatoms. The van der Waals surface area contributed by atoms with Crippen LogP contribution in [0.1, 0.15) is 15.9 Å². The van der Waals surface area contributed by atoms with Crippen LogP contribution in [0.4, 0.5) is 5.69 Å². The molecule has 5 rings (SSSR count). The van der Waals surface area contributed by atoms with E-state index in [1.807, 2.05) is 29.0 Å². The highest BCUT2D eigenvalue weighted by Crippen LogP contribution is 2.40. The second kappa shape index (κ2) is 11.2. The Bertz CT molecular complexity index is 1370. The molecule has 1 aromatic heterocycles. The first-order valence-corrected chi connectivity index (χ1v) is 13.0. The van der Waals surface area contributed by atoms with Crippen molar-refractivity contribution in [3.63, 3.8) is 0 Å². The fourth-order valence-corrected chi connectivity index (χ4v) is 4.82. The summed E-state index contributed by atoms with van der Waals surface area (Å²) in [6.07, 6.45) is 4.88. The van der Waals surface area contributed by atoms with E-state index in [4.69, 9.17) is 37.4 Å². The first-order valence-electron chi connectivity index (χ1n) is 11.4. The number of rotatable bonds is 8. The molecule has 37 heavy (non-hydrogen) atoms. The molecule has 1 aliphatic heterocycles. The van der Waals surface area contributed by atoms with Gasteiger partial charge >= 0.3 is 0 Å². The molecule has 1 saturated heterocycles. The summed E-state index contributed by atoms with van der Waals surface area (Å²) < 4.78 is 21.4. The van der Waals surface area contributed by atoms with E-state index in [1.165, 1.54) is 0 Å². The summed E-state index contributed by atoms with van der Waals surface area (Å²) in [5, 5.41) is 3.86. The minimum atomic E-state index is -1.11. The van der Waals surface area contributed by atoms with Crippen LogP contribution in [-0.2, 0) is 21.8 Å². The minimum absolute atomic E-state index is 0.187. The second-order valence-electron chi connectivity index (χ2n) is 8.46. The van der Waals surface area contributed by atoms with Crippen LogP contribution in [0, 0.1) is 0 Å². The number of halogens is 3. The molecule has 0 spiro atoms. The molecule has 0 saturated carbocycles. The Morgan fingerprint density at radius 3 is 2.62 bits per heavy atom. The molecule has 3 aromatic carbocycles. The van der Waals surface area contributed by atoms with Gasteiger partial charge in [0.25, 0.3) is 5.91 Å². The fourth-order valence-electron chi connectivity index (χ4n) is 4.00. The smallest absolute Gasteiger partial charge is 0.255 e. The van der Waals surface area contributed by atoms with E-state index in [-0.39, 0.29) is 18.6 Å². The highest BCUT2D eigenvalue weighted by molar-refractivity contribution is 9.10. The molecule has 2 atom stereocenters. The van der Waals surface area contributed by atoms with Crippen LogP contribution in [0.5, 0.6) is 5.75 Å². The number of hydrogen-bond acceptors (Lipinski definition) is 5. The number of imidazole rings is 1. The van der Waals surface area contributed by atoms with Crippen molar-refractivity contribution in [1.82, 2.24) is 9.55 Å². The van der Waals surface area contributed by atoms with Gasteiger partial charge in [0.1, 0.15) is 18.5 Å². The lowest BCUT2D eigenvalue weighted by Gasteiger charge is -2.30. The zero-order valence-electron chi connectivity index (χ0n) is 19.4. The molecule has 4 aromatic rings. The molecular weight excluding hydrogens is 581 g/mol. The predicted molar refractivity (Wildman–Crippen MR) is 145 cm³/mol. The van der Waals surface area contributed by atoms with Gasteiger partial charge in [-0.2, -0.15) is 0 Å². The normalized spacial score (nSPS) is 19.1. The summed E-state index contributed by atoms with van der Waals surface area (Å²) >= 11 is 16.0. The van der Waals surface area contributed by atoms with Crippen molar-refractivity contribution >= 4 is 50.7 Å². The lowest BCUT2D eigenvalue weighted by Crippen LogP contribution is -2.34. The Balaban J connectivity index is 1.22. The van der Waals surface area contributed by atoms with Gasteiger partial charge in [0.05, 0.1) is 24.5 Å². The average Bonchev–Trinajstić information content (AvgIpc) is 3.54. The molecule has 1 aliphatic rings. The van der Waals surface area contributed by atoms with Crippen LogP contribution in [0.15, 0.2) is 89.9 Å². The molecule has 0 radical (unpaired) electrons. The number of anilines is 1. The first kappa shape index (κ1) is 25.8. The lowest BCUT2D eigenvalue weighted by atomic mass is 10.1. The third-order valence-corrected chi connectivity index (χ3v) is 6.88. The van der Waals surface area contributed by atoms with E-state index in [0.29, 0.717) is 45.8 Å². The number of carbonyl (C=O) groups is 1. The van der Waals surface area contributed by atoms with Gasteiger partial charge in [-0.15, -0.1) is 0 Å². The maximum atomic E-state index is 12.4. The van der Waals surface area contributed by atoms with Gasteiger partial charge in [-0.1, -0.05) is 45.2 Å². The van der Waals surface area contributed by atoms with Gasteiger partial charge in [0, 0.05) is 38.7 Å². The van der Waals surface area contributed by atoms with Gasteiger partial charge < -0.3 is 24.1 Å². The summed E-state index contributed by atoms with van der Waals surface area (Å²) in [4.78, 5) is 16.5. The largest absolute Gasteiger partial charge is 0.491 e. The predicted octanol–water partition coefficient (Wildman–Crippen LogP) is 6.55. The number of nitrogens with one attached hydrogen (secondary N) is 1. The van der Waals surface area contributed by atoms with Gasteiger partial charge in [-0.05, 0) is 60.7 Å². The van der Waals surface area contributed by atoms with Crippen LogP contribution in [0.25, 0.3) is 0 Å². The first-order chi connectivity index (χ1) is 17.9. The van der Waals surface area contributed by atoms with Crippen molar-refractivity contribution in [1.29, 1.82) is 0 Å². The van der Waals surface area contributed by atoms with E-state index in [1.54, 1.807) is 61.1 Å². The molecule has 1 fully saturated rings. The topological polar surface area (TPSA) is 74.6 Å². The van der Waals surface area contributed by atoms with E-state index in [9.17, 15) is 4.79 Å². The molecule has 190 valence electrons. The summed E-state index contributed by atoms with van der Waals surface area (Å²) in [5.74, 6) is -0.660. The number of nitrogens with zero attached hydrogens (tertiary/aromatic N) is 2. The Morgan fingerprint density at radius 2 is 1.92 bits per heavy atom. The molecule has 7 nitrogen and oxygen atoms in total. The summed E-state index contributed by atoms with van der Waals surface area (Å²) in [6.45, 7) is 0.939. The maximum Gasteiger partial charge on any atom is 0.255 e. The number of benzene rings is 3. The van der Waals surface area contributed by atoms with Gasteiger partial charge in [0.15, 0.2) is 0 Å². The van der Waals surface area contributed by atoms with Crippen LogP contribution >= 0.6 is 39.1 Å². The van der Waals surface area contributed by atoms with Crippen molar-refractivity contribution in [2.75, 3.05) is 18.5 Å². The molecule has 1 amide bonds. The molecule has 0 aliphatic carbocycles. The Kier molecular flexibility index (Phi) is 7.83. The maximum absolute atomic E-state index is 12.4. The van der Waals surface area contributed by atoms with E-state index in [0.717, 1.165) is 4.47 Å². The molecule has 0 unspecified atom stereocenters. The average molecular weight is 603 g/mol. The third-order valence-electron chi connectivity index (χ3n) is 5.81. The van der Waals surface area contributed by atoms with Crippen molar-refractivity contribution < 1.29 is 19.0 Å².